The Balaban J connectivity index is 1.90. The molecule has 2 heterocycles. The van der Waals surface area contributed by atoms with Crippen molar-refractivity contribution in [3.8, 4) is 6.07 Å². The van der Waals surface area contributed by atoms with E-state index < -0.39 is 17.8 Å². The van der Waals surface area contributed by atoms with Gasteiger partial charge in [0.2, 0.25) is 0 Å². The fourth-order valence-corrected chi connectivity index (χ4v) is 2.56. The maximum atomic E-state index is 12.3. The van der Waals surface area contributed by atoms with E-state index in [-0.39, 0.29) is 17.0 Å². The summed E-state index contributed by atoms with van der Waals surface area (Å²) in [4.78, 5) is 19.5. The van der Waals surface area contributed by atoms with Gasteiger partial charge in [-0.3, -0.25) is 0 Å². The lowest BCUT2D eigenvalue weighted by molar-refractivity contribution is 0.0331. The molecule has 0 amide bonds. The number of nitrogens with zero attached hydrogens (tertiary/aromatic N) is 3. The number of hydrogen-bond acceptors (Lipinski definition) is 7. The van der Waals surface area contributed by atoms with Gasteiger partial charge in [-0.25, -0.2) is 9.78 Å². The fraction of sp³-hybridized carbons (Fsp3) is 0.222. The standard InChI is InChI=1S/C18H16N4O4/c1-9-15(10(2)26-22-9)18(24)25-11(3)16(23)12(8-19)17-20-13-6-4-5-7-14(13)21-17/h4-7,11,23H,1-3H3,(H,20,21)/b16-12-/t11-/m1/s1. The first-order valence-electron chi connectivity index (χ1n) is 7.84. The Hall–Kier alpha value is -3.60. The lowest BCUT2D eigenvalue weighted by atomic mass is 10.1. The van der Waals surface area contributed by atoms with Crippen LogP contribution in [0.2, 0.25) is 0 Å². The van der Waals surface area contributed by atoms with Crippen LogP contribution in [0.5, 0.6) is 0 Å². The van der Waals surface area contributed by atoms with E-state index in [4.69, 9.17) is 9.26 Å². The lowest BCUT2D eigenvalue weighted by Crippen LogP contribution is -2.19. The van der Waals surface area contributed by atoms with Crippen LogP contribution in [-0.4, -0.2) is 32.3 Å². The molecule has 0 fully saturated rings. The highest BCUT2D eigenvalue weighted by molar-refractivity contribution is 5.92. The zero-order valence-electron chi connectivity index (χ0n) is 14.4. The maximum absolute atomic E-state index is 12.3. The molecule has 2 aromatic heterocycles. The fourth-order valence-electron chi connectivity index (χ4n) is 2.56. The van der Waals surface area contributed by atoms with E-state index in [1.54, 1.807) is 26.0 Å². The van der Waals surface area contributed by atoms with Gasteiger partial charge in [0.05, 0.1) is 16.7 Å². The number of esters is 1. The van der Waals surface area contributed by atoms with Gasteiger partial charge in [0.1, 0.15) is 23.0 Å². The van der Waals surface area contributed by atoms with Crippen LogP contribution in [-0.2, 0) is 4.74 Å². The van der Waals surface area contributed by atoms with Gasteiger partial charge < -0.3 is 19.4 Å². The highest BCUT2D eigenvalue weighted by Gasteiger charge is 2.25. The van der Waals surface area contributed by atoms with Crippen LogP contribution < -0.4 is 0 Å². The van der Waals surface area contributed by atoms with Gasteiger partial charge in [-0.2, -0.15) is 5.26 Å². The van der Waals surface area contributed by atoms with Gasteiger partial charge in [0, 0.05) is 0 Å². The molecule has 2 N–H and O–H groups in total. The van der Waals surface area contributed by atoms with Gasteiger partial charge in [0.15, 0.2) is 17.7 Å². The van der Waals surface area contributed by atoms with Crippen LogP contribution in [0.25, 0.3) is 16.6 Å². The maximum Gasteiger partial charge on any atom is 0.344 e. The Labute approximate surface area is 148 Å². The molecule has 8 nitrogen and oxygen atoms in total. The number of aliphatic hydroxyl groups is 1. The third-order valence-corrected chi connectivity index (χ3v) is 3.90. The highest BCUT2D eigenvalue weighted by Crippen LogP contribution is 2.22. The number of hydrogen-bond donors (Lipinski definition) is 2. The highest BCUT2D eigenvalue weighted by atomic mass is 16.6. The molecule has 0 saturated heterocycles. The van der Waals surface area contributed by atoms with Gasteiger partial charge in [-0.05, 0) is 32.9 Å². The predicted octanol–water partition coefficient (Wildman–Crippen LogP) is 3.21. The number of aryl methyl sites for hydroxylation is 2. The number of aliphatic hydroxyl groups excluding tert-OH is 1. The number of fused-ring (bicyclic) bond motifs is 1. The Bertz CT molecular complexity index is 1000. The molecule has 0 radical (unpaired) electrons. The number of nitrogens with one attached hydrogen (secondary N) is 1. The zero-order valence-corrected chi connectivity index (χ0v) is 14.4. The van der Waals surface area contributed by atoms with E-state index in [9.17, 15) is 15.2 Å². The average molecular weight is 352 g/mol. The summed E-state index contributed by atoms with van der Waals surface area (Å²) in [5.74, 6) is -0.568. The van der Waals surface area contributed by atoms with Gasteiger partial charge in [-0.15, -0.1) is 0 Å². The van der Waals surface area contributed by atoms with E-state index in [1.807, 2.05) is 18.2 Å². The SMILES string of the molecule is Cc1noc(C)c1C(=O)O[C@H](C)/C(O)=C(\C#N)c1nc2ccccc2[nH]1. The number of carbonyl (C=O) groups excluding carboxylic acids is 1. The smallest absolute Gasteiger partial charge is 0.344 e. The predicted molar refractivity (Wildman–Crippen MR) is 92.1 cm³/mol. The monoisotopic (exact) mass is 352 g/mol. The second-order valence-electron chi connectivity index (χ2n) is 5.72. The molecule has 8 heteroatoms. The average Bonchev–Trinajstić information content (AvgIpc) is 3.18. The molecule has 0 unspecified atom stereocenters. The molecule has 132 valence electrons. The Morgan fingerprint density at radius 3 is 2.73 bits per heavy atom. The summed E-state index contributed by atoms with van der Waals surface area (Å²) in [5.41, 5.74) is 1.87. The molecule has 3 rings (SSSR count). The summed E-state index contributed by atoms with van der Waals surface area (Å²) >= 11 is 0. The second-order valence-corrected chi connectivity index (χ2v) is 5.72. The van der Waals surface area contributed by atoms with Crippen molar-refractivity contribution in [1.29, 1.82) is 5.26 Å². The van der Waals surface area contributed by atoms with Crippen molar-refractivity contribution in [2.45, 2.75) is 26.9 Å². The third kappa shape index (κ3) is 3.02. The number of allylic oxidation sites excluding steroid dienone is 1. The van der Waals surface area contributed by atoms with E-state index in [0.717, 1.165) is 5.52 Å². The van der Waals surface area contributed by atoms with E-state index in [0.29, 0.717) is 17.0 Å². The third-order valence-electron chi connectivity index (χ3n) is 3.90. The van der Waals surface area contributed by atoms with Crippen molar-refractivity contribution in [2.24, 2.45) is 0 Å². The van der Waals surface area contributed by atoms with Gasteiger partial charge >= 0.3 is 5.97 Å². The molecule has 0 saturated carbocycles. The lowest BCUT2D eigenvalue weighted by Gasteiger charge is -2.13. The Morgan fingerprint density at radius 2 is 2.12 bits per heavy atom. The normalized spacial score (nSPS) is 13.2. The topological polar surface area (TPSA) is 125 Å². The van der Waals surface area contributed by atoms with Crippen LogP contribution >= 0.6 is 0 Å². The Kier molecular flexibility index (Phi) is 4.45. The Morgan fingerprint density at radius 1 is 1.38 bits per heavy atom. The number of aromatic amines is 1. The summed E-state index contributed by atoms with van der Waals surface area (Å²) in [6.45, 7) is 4.67. The molecular formula is C18H16N4O4. The van der Waals surface area contributed by atoms with Crippen LogP contribution in [0.4, 0.5) is 0 Å². The van der Waals surface area contributed by atoms with Crippen LogP contribution in [0.1, 0.15) is 34.6 Å². The van der Waals surface area contributed by atoms with E-state index in [1.165, 1.54) is 6.92 Å². The molecule has 26 heavy (non-hydrogen) atoms. The van der Waals surface area contributed by atoms with Crippen LogP contribution in [0, 0.1) is 25.2 Å². The summed E-state index contributed by atoms with van der Waals surface area (Å²) in [6, 6.07) is 9.13. The minimum Gasteiger partial charge on any atom is -0.507 e. The molecule has 0 aliphatic heterocycles. The zero-order chi connectivity index (χ0) is 18.8. The number of rotatable bonds is 4. The number of nitriles is 1. The van der Waals surface area contributed by atoms with Crippen molar-refractivity contribution < 1.29 is 19.2 Å². The summed E-state index contributed by atoms with van der Waals surface area (Å²) in [6.07, 6.45) is -1.06. The van der Waals surface area contributed by atoms with Gasteiger partial charge in [-0.1, -0.05) is 17.3 Å². The molecule has 0 aliphatic rings. The largest absolute Gasteiger partial charge is 0.507 e. The molecule has 1 atom stereocenters. The first-order valence-corrected chi connectivity index (χ1v) is 7.84. The van der Waals surface area contributed by atoms with Crippen LogP contribution in [0.3, 0.4) is 0 Å². The summed E-state index contributed by atoms with van der Waals surface area (Å²) in [7, 11) is 0. The van der Waals surface area contributed by atoms with Crippen molar-refractivity contribution in [3.63, 3.8) is 0 Å². The van der Waals surface area contributed by atoms with Crippen molar-refractivity contribution >= 4 is 22.6 Å². The minimum absolute atomic E-state index is 0.0970. The van der Waals surface area contributed by atoms with E-state index in [2.05, 4.69) is 15.1 Å². The number of aromatic nitrogens is 3. The van der Waals surface area contributed by atoms with Crippen molar-refractivity contribution in [1.82, 2.24) is 15.1 Å². The number of benzene rings is 1. The number of para-hydroxylation sites is 2. The summed E-state index contributed by atoms with van der Waals surface area (Å²) < 4.78 is 10.2. The molecule has 0 spiro atoms. The minimum atomic E-state index is -1.06. The van der Waals surface area contributed by atoms with E-state index >= 15 is 0 Å². The van der Waals surface area contributed by atoms with Crippen molar-refractivity contribution in [2.75, 3.05) is 0 Å². The summed E-state index contributed by atoms with van der Waals surface area (Å²) in [5, 5.41) is 23.6. The quantitative estimate of drug-likeness (QED) is 0.419. The first-order chi connectivity index (χ1) is 12.4. The number of imidazole rings is 1. The number of H-pyrrole nitrogens is 1. The van der Waals surface area contributed by atoms with Crippen molar-refractivity contribution in [3.05, 3.63) is 52.9 Å². The molecule has 0 aliphatic carbocycles. The number of carbonyl (C=O) groups is 1. The van der Waals surface area contributed by atoms with Crippen LogP contribution in [0.15, 0.2) is 34.5 Å². The second kappa shape index (κ2) is 6.72. The molecule has 0 bridgehead atoms. The van der Waals surface area contributed by atoms with Gasteiger partial charge in [0.25, 0.3) is 0 Å². The molecule has 3 aromatic rings. The first kappa shape index (κ1) is 17.2. The molecular weight excluding hydrogens is 336 g/mol. The molecule has 1 aromatic carbocycles. The number of ether oxygens (including phenoxy) is 1.